The second-order valence-corrected chi connectivity index (χ2v) is 8.43. The molecule has 1 heterocycles. The van der Waals surface area contributed by atoms with Gasteiger partial charge in [-0.15, -0.1) is 4.33 Å². The van der Waals surface area contributed by atoms with Gasteiger partial charge in [-0.1, -0.05) is 5.04 Å². The molecule has 0 radical (unpaired) electrons. The monoisotopic (exact) mass is 486 g/mol. The molecule has 164 valence electrons. The van der Waals surface area contributed by atoms with Crippen LogP contribution in [0.5, 0.6) is 0 Å². The largest absolute Gasteiger partial charge is 0.398 e. The van der Waals surface area contributed by atoms with Crippen molar-refractivity contribution in [1.82, 2.24) is 15.0 Å². The first-order valence-electron chi connectivity index (χ1n) is 8.24. The number of hydrogen-bond donors (Lipinski definition) is 5. The number of nitrogens with zero attached hydrogens (tertiary/aromatic N) is 3. The summed E-state index contributed by atoms with van der Waals surface area (Å²) in [6, 6.07) is 9.03. The Morgan fingerprint density at radius 3 is 2.42 bits per heavy atom. The second kappa shape index (κ2) is 9.61. The number of nitrogen functional groups attached to an aromatic ring is 1. The zero-order chi connectivity index (χ0) is 22.6. The van der Waals surface area contributed by atoms with Gasteiger partial charge in [-0.25, -0.2) is 5.26 Å². The molecular formula is C16H15ClN6O6S2. The third-order valence-corrected chi connectivity index (χ3v) is 5.43. The van der Waals surface area contributed by atoms with Gasteiger partial charge in [0.25, 0.3) is 10.1 Å². The second-order valence-electron chi connectivity index (χ2n) is 5.93. The van der Waals surface area contributed by atoms with E-state index in [1.165, 1.54) is 12.1 Å². The fourth-order valence-electron chi connectivity index (χ4n) is 2.46. The van der Waals surface area contributed by atoms with E-state index >= 15 is 0 Å². The first-order chi connectivity index (χ1) is 14.7. The lowest BCUT2D eigenvalue weighted by Crippen LogP contribution is -2.06. The Morgan fingerprint density at radius 2 is 1.81 bits per heavy atom. The highest BCUT2D eigenvalue weighted by molar-refractivity contribution is 7.94. The van der Waals surface area contributed by atoms with Crippen LogP contribution in [-0.4, -0.2) is 33.2 Å². The molecular weight excluding hydrogens is 472 g/mol. The van der Waals surface area contributed by atoms with Crippen molar-refractivity contribution in [3.63, 3.8) is 0 Å². The highest BCUT2D eigenvalue weighted by atomic mass is 35.5. The highest BCUT2D eigenvalue weighted by Gasteiger charge is 2.15. The van der Waals surface area contributed by atoms with Gasteiger partial charge in [0.2, 0.25) is 17.2 Å². The molecule has 31 heavy (non-hydrogen) atoms. The average molecular weight is 487 g/mol. The van der Waals surface area contributed by atoms with Gasteiger partial charge in [0, 0.05) is 16.3 Å². The molecule has 0 aliphatic rings. The molecule has 0 unspecified atom stereocenters. The summed E-state index contributed by atoms with van der Waals surface area (Å²) >= 11 is 6.81. The van der Waals surface area contributed by atoms with Gasteiger partial charge in [0.15, 0.2) is 0 Å². The van der Waals surface area contributed by atoms with E-state index in [0.717, 1.165) is 23.7 Å². The number of hydrogen-bond acceptors (Lipinski definition) is 12. The van der Waals surface area contributed by atoms with Crippen molar-refractivity contribution in [1.29, 1.82) is 0 Å². The smallest absolute Gasteiger partial charge is 0.296 e. The van der Waals surface area contributed by atoms with Crippen LogP contribution in [0.3, 0.4) is 0 Å². The zero-order valence-electron chi connectivity index (χ0n) is 15.6. The molecule has 0 amide bonds. The number of nitrogens with one attached hydrogen (secondary N) is 2. The molecule has 0 fully saturated rings. The molecule has 3 rings (SSSR count). The number of rotatable bonds is 8. The number of aryl methyl sites for hydroxylation is 1. The minimum Gasteiger partial charge on any atom is -0.398 e. The Labute approximate surface area is 185 Å². The molecule has 2 aromatic carbocycles. The predicted octanol–water partition coefficient (Wildman–Crippen LogP) is 3.58. The van der Waals surface area contributed by atoms with Crippen LogP contribution in [0.2, 0.25) is 5.28 Å². The molecule has 0 aliphatic carbocycles. The molecule has 15 heteroatoms. The summed E-state index contributed by atoms with van der Waals surface area (Å²) in [6.45, 7) is 1.83. The first-order valence-corrected chi connectivity index (χ1v) is 10.8. The summed E-state index contributed by atoms with van der Waals surface area (Å²) in [5.74, 6) is 0.211. The number of anilines is 5. The summed E-state index contributed by atoms with van der Waals surface area (Å²) in [4.78, 5) is 12.5. The van der Waals surface area contributed by atoms with Gasteiger partial charge in [-0.2, -0.15) is 23.4 Å². The normalized spacial score (nSPS) is 11.4. The number of nitrogens with two attached hydrogens (primary N) is 1. The lowest BCUT2D eigenvalue weighted by atomic mass is 10.2. The predicted molar refractivity (Wildman–Crippen MR) is 114 cm³/mol. The molecule has 0 aliphatic heterocycles. The van der Waals surface area contributed by atoms with Crippen LogP contribution in [-0.2, 0) is 19.5 Å². The highest BCUT2D eigenvalue weighted by Crippen LogP contribution is 2.27. The molecule has 3 aromatic rings. The van der Waals surface area contributed by atoms with Gasteiger partial charge >= 0.3 is 0 Å². The average Bonchev–Trinajstić information content (AvgIpc) is 2.67. The van der Waals surface area contributed by atoms with E-state index in [-0.39, 0.29) is 22.9 Å². The van der Waals surface area contributed by atoms with Gasteiger partial charge in [-0.3, -0.25) is 4.55 Å². The van der Waals surface area contributed by atoms with Crippen LogP contribution in [0.15, 0.2) is 46.2 Å². The van der Waals surface area contributed by atoms with Crippen LogP contribution in [0.4, 0.5) is 29.0 Å². The van der Waals surface area contributed by atoms with E-state index in [1.54, 1.807) is 18.2 Å². The third-order valence-electron chi connectivity index (χ3n) is 3.76. The number of aromatic nitrogens is 3. The molecule has 6 N–H and O–H groups in total. The standard InChI is InChI=1S/C16H15ClN6O6S2/c1-8-6-10(30-29-28-24)3-4-12(8)20-16-22-14(17)21-15(23-16)19-9-2-5-13(11(18)7-9)31(25,26)27/h2-7,24H,18H2,1H3,(H,25,26,27)(H2,19,20,21,22,23). The molecule has 0 spiro atoms. The van der Waals surface area contributed by atoms with Crippen molar-refractivity contribution in [2.45, 2.75) is 16.7 Å². The van der Waals surface area contributed by atoms with E-state index in [4.69, 9.17) is 27.1 Å². The Hall–Kier alpha value is -2.72. The maximum Gasteiger partial charge on any atom is 0.296 e. The number of benzene rings is 2. The van der Waals surface area contributed by atoms with E-state index in [2.05, 4.69) is 35.0 Å². The van der Waals surface area contributed by atoms with Crippen LogP contribution in [0.1, 0.15) is 5.56 Å². The van der Waals surface area contributed by atoms with Crippen LogP contribution in [0.25, 0.3) is 0 Å². The summed E-state index contributed by atoms with van der Waals surface area (Å²) in [5, 5.41) is 17.5. The Morgan fingerprint density at radius 1 is 1.10 bits per heavy atom. The minimum atomic E-state index is -4.44. The lowest BCUT2D eigenvalue weighted by molar-refractivity contribution is -0.432. The molecule has 0 saturated carbocycles. The van der Waals surface area contributed by atoms with Crippen LogP contribution < -0.4 is 16.4 Å². The topological polar surface area (TPSA) is 182 Å². The Kier molecular flexibility index (Phi) is 7.11. The zero-order valence-corrected chi connectivity index (χ0v) is 18.0. The van der Waals surface area contributed by atoms with E-state index < -0.39 is 15.0 Å². The van der Waals surface area contributed by atoms with E-state index in [0.29, 0.717) is 16.3 Å². The van der Waals surface area contributed by atoms with Gasteiger partial charge < -0.3 is 16.4 Å². The van der Waals surface area contributed by atoms with E-state index in [9.17, 15) is 8.42 Å². The Bertz CT molecular complexity index is 1210. The first kappa shape index (κ1) is 23.0. The summed E-state index contributed by atoms with van der Waals surface area (Å²) in [5.41, 5.74) is 7.37. The SMILES string of the molecule is Cc1cc(SOOO)ccc1Nc1nc(Cl)nc(Nc2ccc(S(=O)(=O)O)c(N)c2)n1. The lowest BCUT2D eigenvalue weighted by Gasteiger charge is -2.11. The quantitative estimate of drug-likeness (QED) is 0.102. The molecule has 1 aromatic heterocycles. The fourth-order valence-corrected chi connectivity index (χ4v) is 3.67. The third kappa shape index (κ3) is 6.14. The number of halogens is 1. The van der Waals surface area contributed by atoms with Crippen LogP contribution >= 0.6 is 23.6 Å². The van der Waals surface area contributed by atoms with Gasteiger partial charge in [-0.05, 0) is 60.5 Å². The summed E-state index contributed by atoms with van der Waals surface area (Å²) in [6.07, 6.45) is 0. The van der Waals surface area contributed by atoms with E-state index in [1.807, 2.05) is 6.92 Å². The summed E-state index contributed by atoms with van der Waals surface area (Å²) < 4.78 is 36.0. The minimum absolute atomic E-state index is 0.0693. The van der Waals surface area contributed by atoms with Crippen molar-refractivity contribution in [2.24, 2.45) is 0 Å². The molecule has 0 bridgehead atoms. The maximum absolute atomic E-state index is 11.3. The van der Waals surface area contributed by atoms with Crippen molar-refractivity contribution in [2.75, 3.05) is 16.4 Å². The van der Waals surface area contributed by atoms with Gasteiger partial charge in [0.05, 0.1) is 17.7 Å². The fraction of sp³-hybridized carbons (Fsp3) is 0.0625. The Balaban J connectivity index is 1.80. The molecule has 0 saturated heterocycles. The van der Waals surface area contributed by atoms with Crippen molar-refractivity contribution in [3.8, 4) is 0 Å². The molecule has 0 atom stereocenters. The van der Waals surface area contributed by atoms with Crippen molar-refractivity contribution in [3.05, 3.63) is 47.2 Å². The molecule has 12 nitrogen and oxygen atoms in total. The van der Waals surface area contributed by atoms with Crippen molar-refractivity contribution < 1.29 is 27.6 Å². The van der Waals surface area contributed by atoms with Gasteiger partial charge in [0.1, 0.15) is 4.90 Å². The van der Waals surface area contributed by atoms with Crippen LogP contribution in [0, 0.1) is 6.92 Å². The summed E-state index contributed by atoms with van der Waals surface area (Å²) in [7, 11) is -4.44. The maximum atomic E-state index is 11.3. The van der Waals surface area contributed by atoms with Crippen molar-refractivity contribution >= 4 is 62.7 Å².